The van der Waals surface area contributed by atoms with Gasteiger partial charge in [0, 0.05) is 56.3 Å². The average molecular weight is 690 g/mol. The van der Waals surface area contributed by atoms with Gasteiger partial charge >= 0.3 is 12.2 Å². The van der Waals surface area contributed by atoms with Crippen LogP contribution in [-0.4, -0.2) is 76.0 Å². The molecule has 0 radical (unpaired) electrons. The second-order valence-corrected chi connectivity index (χ2v) is 14.0. The Morgan fingerprint density at radius 1 is 0.900 bits per heavy atom. The second-order valence-electron chi connectivity index (χ2n) is 14.0. The molecular weight excluding hydrogens is 647 g/mol. The van der Waals surface area contributed by atoms with E-state index in [4.69, 9.17) is 14.5 Å². The van der Waals surface area contributed by atoms with E-state index >= 15 is 8.78 Å². The molecule has 2 aliphatic heterocycles. The van der Waals surface area contributed by atoms with Crippen molar-refractivity contribution >= 4 is 12.2 Å². The Bertz CT molecular complexity index is 1780. The number of rotatable bonds is 10. The highest BCUT2D eigenvalue weighted by Gasteiger charge is 2.42. The Labute approximate surface area is 290 Å². The van der Waals surface area contributed by atoms with Crippen LogP contribution in [0.2, 0.25) is 0 Å². The lowest BCUT2D eigenvalue weighted by Gasteiger charge is -2.43. The molecule has 1 N–H and O–H groups in total. The third-order valence-electron chi connectivity index (χ3n) is 8.94. The van der Waals surface area contributed by atoms with E-state index < -0.39 is 47.6 Å². The molecule has 0 saturated carbocycles. The van der Waals surface area contributed by atoms with E-state index in [2.05, 4.69) is 5.32 Å². The molecule has 12 heteroatoms. The Kier molecular flexibility index (Phi) is 10.5. The molecule has 264 valence electrons. The first-order valence-electron chi connectivity index (χ1n) is 16.8. The molecule has 3 heterocycles. The van der Waals surface area contributed by atoms with Crippen LogP contribution in [0.25, 0.3) is 11.3 Å². The standard InChI is InChI=1S/C38H42F3N5O4/c1-38(2,3)50-37(48)46-19-27(32(41)22-46)17-42-34(28-20-45(21-28)36(47)49-24-26-12-8-5-9-13-26)35-43-33(30-16-29(39)14-15-31(30)40)23-44(35)18-25-10-6-4-7-11-25/h4-16,23,27-28,32,34,42H,17-22,24H2,1-3H3/t27-,32+,34-/m1/s1. The Balaban J connectivity index is 1.26. The van der Waals surface area contributed by atoms with Crippen LogP contribution in [0, 0.1) is 23.5 Å². The van der Waals surface area contributed by atoms with Crippen molar-refractivity contribution in [2.75, 3.05) is 32.7 Å². The van der Waals surface area contributed by atoms with E-state index in [0.29, 0.717) is 25.5 Å². The number of nitrogens with zero attached hydrogens (tertiary/aromatic N) is 4. The lowest BCUT2D eigenvalue weighted by Crippen LogP contribution is -2.55. The van der Waals surface area contributed by atoms with Crippen LogP contribution in [0.5, 0.6) is 0 Å². The SMILES string of the molecule is CC(C)(C)OC(=O)N1C[C@@H](CN[C@@H](c2nc(-c3cc(F)ccc3F)cn2Cc2ccccc2)C2CN(C(=O)OCc3ccccc3)C2)[C@@H](F)C1. The number of hydrogen-bond donors (Lipinski definition) is 1. The summed E-state index contributed by atoms with van der Waals surface area (Å²) in [5.74, 6) is -1.37. The number of nitrogens with one attached hydrogen (secondary N) is 1. The van der Waals surface area contributed by atoms with Crippen LogP contribution in [0.15, 0.2) is 85.1 Å². The molecular formula is C38H42F3N5O4. The second kappa shape index (κ2) is 15.0. The quantitative estimate of drug-likeness (QED) is 0.193. The molecule has 0 spiro atoms. The maximum absolute atomic E-state index is 15.4. The monoisotopic (exact) mass is 689 g/mol. The number of aromatic nitrogens is 2. The van der Waals surface area contributed by atoms with Crippen LogP contribution in [-0.2, 0) is 22.6 Å². The number of halogens is 3. The number of carbonyl (C=O) groups excluding carboxylic acids is 2. The van der Waals surface area contributed by atoms with Gasteiger partial charge in [0.2, 0.25) is 0 Å². The predicted octanol–water partition coefficient (Wildman–Crippen LogP) is 6.98. The maximum atomic E-state index is 15.4. The molecule has 2 aliphatic rings. The van der Waals surface area contributed by atoms with Gasteiger partial charge in [-0.2, -0.15) is 0 Å². The number of imidazole rings is 1. The normalized spacial score (nSPS) is 18.5. The molecule has 9 nitrogen and oxygen atoms in total. The highest BCUT2D eigenvalue weighted by Crippen LogP contribution is 2.34. The number of amides is 2. The van der Waals surface area contributed by atoms with Gasteiger partial charge in [-0.25, -0.2) is 27.7 Å². The number of alkyl halides is 1. The summed E-state index contributed by atoms with van der Waals surface area (Å²) in [5, 5.41) is 3.50. The first kappa shape index (κ1) is 35.0. The summed E-state index contributed by atoms with van der Waals surface area (Å²) in [6.07, 6.45) is -0.617. The number of ether oxygens (including phenoxy) is 2. The van der Waals surface area contributed by atoms with Gasteiger partial charge in [-0.3, -0.25) is 0 Å². The maximum Gasteiger partial charge on any atom is 0.410 e. The van der Waals surface area contributed by atoms with Crippen molar-refractivity contribution < 1.29 is 32.2 Å². The van der Waals surface area contributed by atoms with Gasteiger partial charge in [-0.05, 0) is 50.1 Å². The fraction of sp³-hybridized carbons (Fsp3) is 0.395. The predicted molar refractivity (Wildman–Crippen MR) is 182 cm³/mol. The zero-order chi connectivity index (χ0) is 35.4. The minimum absolute atomic E-state index is 0.0177. The highest BCUT2D eigenvalue weighted by atomic mass is 19.1. The lowest BCUT2D eigenvalue weighted by molar-refractivity contribution is 0.0280. The van der Waals surface area contributed by atoms with E-state index in [9.17, 15) is 14.0 Å². The molecule has 50 heavy (non-hydrogen) atoms. The molecule has 6 rings (SSSR count). The van der Waals surface area contributed by atoms with E-state index in [0.717, 1.165) is 29.3 Å². The molecule has 2 fully saturated rings. The topological polar surface area (TPSA) is 88.9 Å². The lowest BCUT2D eigenvalue weighted by atomic mass is 9.90. The summed E-state index contributed by atoms with van der Waals surface area (Å²) in [6, 6.07) is 21.8. The van der Waals surface area contributed by atoms with Crippen molar-refractivity contribution in [3.05, 3.63) is 114 Å². The summed E-state index contributed by atoms with van der Waals surface area (Å²) in [4.78, 5) is 33.5. The summed E-state index contributed by atoms with van der Waals surface area (Å²) in [7, 11) is 0. The third kappa shape index (κ3) is 8.47. The van der Waals surface area contributed by atoms with Gasteiger partial charge in [0.15, 0.2) is 0 Å². The highest BCUT2D eigenvalue weighted by molar-refractivity contribution is 5.69. The first-order chi connectivity index (χ1) is 23.9. The average Bonchev–Trinajstić information content (AvgIpc) is 3.65. The smallest absolute Gasteiger partial charge is 0.410 e. The molecule has 0 aliphatic carbocycles. The minimum atomic E-state index is -1.29. The Morgan fingerprint density at radius 2 is 1.56 bits per heavy atom. The van der Waals surface area contributed by atoms with Crippen LogP contribution < -0.4 is 5.32 Å². The van der Waals surface area contributed by atoms with Gasteiger partial charge < -0.3 is 29.2 Å². The fourth-order valence-corrected chi connectivity index (χ4v) is 6.34. The van der Waals surface area contributed by atoms with Crippen LogP contribution in [0.1, 0.15) is 43.8 Å². The van der Waals surface area contributed by atoms with Crippen LogP contribution >= 0.6 is 0 Å². The number of hydrogen-bond acceptors (Lipinski definition) is 6. The molecule has 1 aromatic heterocycles. The van der Waals surface area contributed by atoms with E-state index in [1.165, 1.54) is 4.90 Å². The van der Waals surface area contributed by atoms with Crippen molar-refractivity contribution in [1.29, 1.82) is 0 Å². The van der Waals surface area contributed by atoms with Gasteiger partial charge in [0.25, 0.3) is 0 Å². The summed E-state index contributed by atoms with van der Waals surface area (Å²) in [6.45, 7) is 6.76. The summed E-state index contributed by atoms with van der Waals surface area (Å²) in [5.41, 5.74) is 1.39. The molecule has 3 atom stereocenters. The largest absolute Gasteiger partial charge is 0.445 e. The molecule has 2 saturated heterocycles. The Hall–Kier alpha value is -4.84. The molecule has 3 aromatic carbocycles. The number of likely N-dealkylation sites (tertiary alicyclic amines) is 2. The van der Waals surface area contributed by atoms with Crippen molar-refractivity contribution in [2.24, 2.45) is 11.8 Å². The third-order valence-corrected chi connectivity index (χ3v) is 8.94. The van der Waals surface area contributed by atoms with Crippen molar-refractivity contribution in [1.82, 2.24) is 24.7 Å². The van der Waals surface area contributed by atoms with Crippen molar-refractivity contribution in [2.45, 2.75) is 51.7 Å². The molecule has 2 amide bonds. The molecule has 4 aromatic rings. The first-order valence-corrected chi connectivity index (χ1v) is 16.8. The minimum Gasteiger partial charge on any atom is -0.445 e. The zero-order valence-electron chi connectivity index (χ0n) is 28.4. The van der Waals surface area contributed by atoms with E-state index in [1.54, 1.807) is 31.9 Å². The van der Waals surface area contributed by atoms with Crippen LogP contribution in [0.4, 0.5) is 22.8 Å². The van der Waals surface area contributed by atoms with Crippen molar-refractivity contribution in [3.8, 4) is 11.3 Å². The van der Waals surface area contributed by atoms with Crippen LogP contribution in [0.3, 0.4) is 0 Å². The van der Waals surface area contributed by atoms with Gasteiger partial charge in [0.1, 0.15) is 35.8 Å². The van der Waals surface area contributed by atoms with Gasteiger partial charge in [0.05, 0.1) is 18.3 Å². The summed E-state index contributed by atoms with van der Waals surface area (Å²) >= 11 is 0. The van der Waals surface area contributed by atoms with Gasteiger partial charge in [-0.15, -0.1) is 0 Å². The zero-order valence-corrected chi connectivity index (χ0v) is 28.4. The van der Waals surface area contributed by atoms with Gasteiger partial charge in [-0.1, -0.05) is 60.7 Å². The molecule has 0 bridgehead atoms. The molecule has 0 unspecified atom stereocenters. The number of carbonyl (C=O) groups is 2. The van der Waals surface area contributed by atoms with Crippen molar-refractivity contribution in [3.63, 3.8) is 0 Å². The summed E-state index contributed by atoms with van der Waals surface area (Å²) < 4.78 is 57.6. The number of benzene rings is 3. The fourth-order valence-electron chi connectivity index (χ4n) is 6.34. The van der Waals surface area contributed by atoms with E-state index in [1.807, 2.05) is 65.2 Å². The van der Waals surface area contributed by atoms with E-state index in [-0.39, 0.29) is 43.4 Å². The Morgan fingerprint density at radius 3 is 2.24 bits per heavy atom.